The fraction of sp³-hybridized carbons (Fsp3) is 0.355. The maximum Gasteiger partial charge on any atom is 0.287 e. The van der Waals surface area contributed by atoms with Crippen LogP contribution in [0, 0.1) is 6.92 Å². The first kappa shape index (κ1) is 25.5. The van der Waals surface area contributed by atoms with Crippen LogP contribution >= 0.6 is 0 Å². The number of aryl methyl sites for hydroxylation is 1. The van der Waals surface area contributed by atoms with Crippen molar-refractivity contribution in [3.05, 3.63) is 101 Å². The molecule has 2 aromatic heterocycles. The summed E-state index contributed by atoms with van der Waals surface area (Å²) in [6.07, 6.45) is 9.68. The van der Waals surface area contributed by atoms with Crippen LogP contribution in [0.25, 0.3) is 6.08 Å². The van der Waals surface area contributed by atoms with Gasteiger partial charge in [-0.2, -0.15) is 0 Å². The second-order valence-electron chi connectivity index (χ2n) is 11.0. The molecule has 1 N–H and O–H groups in total. The van der Waals surface area contributed by atoms with E-state index in [4.69, 9.17) is 8.83 Å². The first-order chi connectivity index (χ1) is 17.0. The summed E-state index contributed by atoms with van der Waals surface area (Å²) in [7, 11) is 0. The molecule has 0 radical (unpaired) electrons. The van der Waals surface area contributed by atoms with Gasteiger partial charge in [0.2, 0.25) is 5.78 Å². The highest BCUT2D eigenvalue weighted by molar-refractivity contribution is 6.09. The summed E-state index contributed by atoms with van der Waals surface area (Å²) >= 11 is 0. The van der Waals surface area contributed by atoms with Crippen molar-refractivity contribution in [1.29, 1.82) is 0 Å². The van der Waals surface area contributed by atoms with E-state index < -0.39 is 5.91 Å². The number of carbonyl (C=O) groups is 2. The van der Waals surface area contributed by atoms with Crippen molar-refractivity contribution in [3.8, 4) is 0 Å². The van der Waals surface area contributed by atoms with Crippen molar-refractivity contribution in [2.24, 2.45) is 0 Å². The van der Waals surface area contributed by atoms with E-state index in [0.29, 0.717) is 17.7 Å². The van der Waals surface area contributed by atoms with Gasteiger partial charge in [-0.25, -0.2) is 0 Å². The standard InChI is InChI=1S/C31H35NO4/c1-7-9-21(11-12-22-10-8-17-35-22)32-29(34)27-14-13-26(36-27)28(33)23-19-25-24(18-20(23)2)30(3,4)15-16-31(25,5)6/h7-8,10-14,17-19,21H,1,9,15-16H2,2-6H3,(H,32,34)/b12-11+. The zero-order chi connectivity index (χ0) is 26.1. The predicted molar refractivity (Wildman–Crippen MR) is 142 cm³/mol. The minimum atomic E-state index is -0.393. The first-order valence-electron chi connectivity index (χ1n) is 12.5. The molecule has 1 atom stereocenters. The average Bonchev–Trinajstić information content (AvgIpc) is 3.52. The number of ketones is 1. The van der Waals surface area contributed by atoms with E-state index >= 15 is 0 Å². The fourth-order valence-electron chi connectivity index (χ4n) is 4.88. The van der Waals surface area contributed by atoms with Crippen LogP contribution in [0.3, 0.4) is 0 Å². The number of hydrogen-bond donors (Lipinski definition) is 1. The number of amides is 1. The molecule has 2 heterocycles. The predicted octanol–water partition coefficient (Wildman–Crippen LogP) is 7.15. The van der Waals surface area contributed by atoms with Crippen molar-refractivity contribution in [2.75, 3.05) is 0 Å². The molecule has 0 aliphatic heterocycles. The SMILES string of the molecule is C=CCC(/C=C/c1ccco1)NC(=O)c1ccc(C(=O)c2cc3c(cc2C)C(C)(C)CCC3(C)C)o1. The largest absolute Gasteiger partial charge is 0.465 e. The van der Waals surface area contributed by atoms with Crippen molar-refractivity contribution >= 4 is 17.8 Å². The number of nitrogens with one attached hydrogen (secondary N) is 1. The van der Waals surface area contributed by atoms with Crippen LogP contribution in [0.15, 0.2) is 70.2 Å². The van der Waals surface area contributed by atoms with Gasteiger partial charge >= 0.3 is 0 Å². The summed E-state index contributed by atoms with van der Waals surface area (Å²) in [4.78, 5) is 26.3. The second kappa shape index (κ2) is 9.81. The van der Waals surface area contributed by atoms with E-state index in [0.717, 1.165) is 18.4 Å². The molecule has 188 valence electrons. The van der Waals surface area contributed by atoms with E-state index in [9.17, 15) is 9.59 Å². The lowest BCUT2D eigenvalue weighted by atomic mass is 9.62. The topological polar surface area (TPSA) is 72.5 Å². The molecule has 5 heteroatoms. The molecule has 0 spiro atoms. The molecule has 1 aliphatic carbocycles. The maximum absolute atomic E-state index is 13.5. The highest BCUT2D eigenvalue weighted by atomic mass is 16.4. The van der Waals surface area contributed by atoms with Gasteiger partial charge in [0.1, 0.15) is 5.76 Å². The van der Waals surface area contributed by atoms with Gasteiger partial charge in [-0.05, 0) is 90.1 Å². The second-order valence-corrected chi connectivity index (χ2v) is 11.0. The molecule has 5 nitrogen and oxygen atoms in total. The van der Waals surface area contributed by atoms with E-state index in [1.165, 1.54) is 11.1 Å². The highest BCUT2D eigenvalue weighted by Crippen LogP contribution is 2.46. The Labute approximate surface area is 213 Å². The van der Waals surface area contributed by atoms with Gasteiger partial charge in [-0.1, -0.05) is 45.9 Å². The van der Waals surface area contributed by atoms with Crippen LogP contribution in [0.2, 0.25) is 0 Å². The Morgan fingerprint density at radius 2 is 1.72 bits per heavy atom. The smallest absolute Gasteiger partial charge is 0.287 e. The summed E-state index contributed by atoms with van der Waals surface area (Å²) in [5, 5.41) is 2.92. The summed E-state index contributed by atoms with van der Waals surface area (Å²) in [6, 6.07) is 10.7. The maximum atomic E-state index is 13.5. The third-order valence-electron chi connectivity index (χ3n) is 7.27. The number of furan rings is 2. The Morgan fingerprint density at radius 3 is 2.36 bits per heavy atom. The van der Waals surface area contributed by atoms with Crippen molar-refractivity contribution in [3.63, 3.8) is 0 Å². The molecule has 36 heavy (non-hydrogen) atoms. The van der Waals surface area contributed by atoms with E-state index in [2.05, 4.69) is 45.7 Å². The molecule has 1 aliphatic rings. The van der Waals surface area contributed by atoms with Crippen LogP contribution in [-0.4, -0.2) is 17.7 Å². The van der Waals surface area contributed by atoms with Crippen molar-refractivity contribution in [1.82, 2.24) is 5.32 Å². The third kappa shape index (κ3) is 5.15. The Bertz CT molecular complexity index is 1300. The van der Waals surface area contributed by atoms with Gasteiger partial charge < -0.3 is 14.2 Å². The average molecular weight is 486 g/mol. The number of fused-ring (bicyclic) bond motifs is 1. The third-order valence-corrected chi connectivity index (χ3v) is 7.27. The van der Waals surface area contributed by atoms with Gasteiger partial charge in [-0.3, -0.25) is 9.59 Å². The lowest BCUT2D eigenvalue weighted by molar-refractivity contribution is 0.0911. The van der Waals surface area contributed by atoms with Gasteiger partial charge in [-0.15, -0.1) is 6.58 Å². The Balaban J connectivity index is 1.55. The Kier molecular flexibility index (Phi) is 6.94. The molecule has 0 bridgehead atoms. The van der Waals surface area contributed by atoms with Crippen LogP contribution in [0.4, 0.5) is 0 Å². The van der Waals surface area contributed by atoms with Crippen LogP contribution in [0.1, 0.15) is 96.1 Å². The molecule has 4 rings (SSSR count). The molecule has 3 aromatic rings. The summed E-state index contributed by atoms with van der Waals surface area (Å²) < 4.78 is 11.1. The quantitative estimate of drug-likeness (QED) is 0.272. The van der Waals surface area contributed by atoms with E-state index in [-0.39, 0.29) is 34.2 Å². The number of rotatable bonds is 8. The van der Waals surface area contributed by atoms with Crippen molar-refractivity contribution < 1.29 is 18.4 Å². The van der Waals surface area contributed by atoms with Crippen molar-refractivity contribution in [2.45, 2.75) is 70.8 Å². The molecule has 0 saturated heterocycles. The van der Waals surface area contributed by atoms with E-state index in [1.807, 2.05) is 25.1 Å². The zero-order valence-corrected chi connectivity index (χ0v) is 21.8. The normalized spacial score (nSPS) is 16.9. The van der Waals surface area contributed by atoms with Gasteiger partial charge in [0.05, 0.1) is 12.3 Å². The van der Waals surface area contributed by atoms with Gasteiger partial charge in [0.25, 0.3) is 5.91 Å². The van der Waals surface area contributed by atoms with Crippen LogP contribution in [0.5, 0.6) is 0 Å². The zero-order valence-electron chi connectivity index (χ0n) is 21.8. The molecule has 1 aromatic carbocycles. The molecular formula is C31H35NO4. The number of carbonyl (C=O) groups excluding carboxylic acids is 2. The Morgan fingerprint density at radius 1 is 1.06 bits per heavy atom. The molecular weight excluding hydrogens is 450 g/mol. The summed E-state index contributed by atoms with van der Waals surface area (Å²) in [6.45, 7) is 14.7. The highest BCUT2D eigenvalue weighted by Gasteiger charge is 2.38. The Hall–Kier alpha value is -3.60. The molecule has 0 saturated carbocycles. The van der Waals surface area contributed by atoms with Gasteiger partial charge in [0.15, 0.2) is 11.5 Å². The number of hydrogen-bond acceptors (Lipinski definition) is 4. The summed E-state index contributed by atoms with van der Waals surface area (Å²) in [5.74, 6) is 0.332. The molecule has 1 unspecified atom stereocenters. The van der Waals surface area contributed by atoms with Gasteiger partial charge in [0, 0.05) is 5.56 Å². The minimum absolute atomic E-state index is 0.00881. The monoisotopic (exact) mass is 485 g/mol. The molecule has 1 amide bonds. The lowest BCUT2D eigenvalue weighted by Gasteiger charge is -2.42. The van der Waals surface area contributed by atoms with Crippen LogP contribution in [-0.2, 0) is 10.8 Å². The lowest BCUT2D eigenvalue weighted by Crippen LogP contribution is -2.34. The fourth-order valence-corrected chi connectivity index (χ4v) is 4.88. The van der Waals surface area contributed by atoms with Crippen LogP contribution < -0.4 is 5.32 Å². The first-order valence-corrected chi connectivity index (χ1v) is 12.5. The van der Waals surface area contributed by atoms with E-state index in [1.54, 1.807) is 36.6 Å². The minimum Gasteiger partial charge on any atom is -0.465 e. The molecule has 0 fully saturated rings. The summed E-state index contributed by atoms with van der Waals surface area (Å²) in [5.41, 5.74) is 4.12. The number of benzene rings is 1.